The highest BCUT2D eigenvalue weighted by Crippen LogP contribution is 2.33. The Morgan fingerprint density at radius 1 is 0.854 bits per heavy atom. The molecule has 48 heavy (non-hydrogen) atoms. The van der Waals surface area contributed by atoms with Gasteiger partial charge in [0, 0.05) is 65.3 Å². The Kier molecular flexibility index (Phi) is 10.5. The van der Waals surface area contributed by atoms with E-state index in [0.29, 0.717) is 34.5 Å². The summed E-state index contributed by atoms with van der Waals surface area (Å²) < 4.78 is 7.59. The fourth-order valence-corrected chi connectivity index (χ4v) is 5.78. The van der Waals surface area contributed by atoms with Crippen molar-refractivity contribution in [2.45, 2.75) is 45.9 Å². The van der Waals surface area contributed by atoms with Crippen LogP contribution in [-0.2, 0) is 21.0 Å². The van der Waals surface area contributed by atoms with Crippen LogP contribution in [0.25, 0.3) is 21.8 Å². The number of nitrogens with zero attached hydrogens (tertiary/aromatic N) is 3. The van der Waals surface area contributed by atoms with Crippen LogP contribution >= 0.6 is 0 Å². The second kappa shape index (κ2) is 14.9. The third-order valence-electron chi connectivity index (χ3n) is 8.06. The normalized spacial score (nSPS) is 12.9. The minimum atomic E-state index is -0.996. The lowest BCUT2D eigenvalue weighted by molar-refractivity contribution is -0.204. The standard InChI is InChI=1S/C37H37N3O8/c1-4-39-34-16-12-27(33(38-46)20-36(25-8-6-5-7-9-25)40(23(2)42)48-24(3)43)18-31(34)32-19-28(13-17-35(32)39)37(45)26-10-14-30(15-11-26)47-22-29(44)21-41/h5-19,29,36,41,44,46H,4,20-22H2,1-3H3/b38-33+. The number of hydroxylamine groups is 2. The number of aliphatic hydroxyl groups is 2. The quantitative estimate of drug-likeness (QED) is 0.0701. The predicted octanol–water partition coefficient (Wildman–Crippen LogP) is 5.41. The molecule has 0 aliphatic carbocycles. The number of aryl methyl sites for hydroxylation is 1. The van der Waals surface area contributed by atoms with E-state index in [0.717, 1.165) is 26.9 Å². The van der Waals surface area contributed by atoms with Crippen molar-refractivity contribution in [3.05, 3.63) is 113 Å². The fourth-order valence-electron chi connectivity index (χ4n) is 5.78. The molecule has 1 amide bonds. The molecule has 11 heteroatoms. The SMILES string of the molecule is CCn1c2ccc(C(=O)c3ccc(OCC(O)CO)cc3)cc2c2cc(/C(CC(c3ccccc3)N(OC(C)=O)C(C)=O)=N/O)ccc21. The maximum atomic E-state index is 13.6. The Morgan fingerprint density at radius 3 is 2.02 bits per heavy atom. The van der Waals surface area contributed by atoms with Crippen molar-refractivity contribution in [2.75, 3.05) is 13.2 Å². The van der Waals surface area contributed by atoms with Gasteiger partial charge < -0.3 is 29.6 Å². The minimum Gasteiger partial charge on any atom is -0.491 e. The molecule has 0 aliphatic rings. The van der Waals surface area contributed by atoms with E-state index in [4.69, 9.17) is 14.7 Å². The summed E-state index contributed by atoms with van der Waals surface area (Å²) in [6.07, 6.45) is -0.960. The molecule has 5 aromatic rings. The van der Waals surface area contributed by atoms with Crippen LogP contribution in [-0.4, -0.2) is 67.7 Å². The number of carbonyl (C=O) groups is 3. The number of benzene rings is 4. The van der Waals surface area contributed by atoms with Gasteiger partial charge in [0.1, 0.15) is 24.5 Å². The van der Waals surface area contributed by atoms with E-state index < -0.39 is 30.6 Å². The molecule has 1 aromatic heterocycles. The lowest BCUT2D eigenvalue weighted by Gasteiger charge is -2.29. The highest BCUT2D eigenvalue weighted by atomic mass is 16.7. The first-order valence-corrected chi connectivity index (χ1v) is 15.5. The molecule has 1 heterocycles. The third kappa shape index (κ3) is 7.22. The summed E-state index contributed by atoms with van der Waals surface area (Å²) in [4.78, 5) is 43.4. The van der Waals surface area contributed by atoms with Crippen LogP contribution in [0.3, 0.4) is 0 Å². The van der Waals surface area contributed by atoms with Gasteiger partial charge in [-0.25, -0.2) is 0 Å². The number of hydrogen-bond donors (Lipinski definition) is 3. The zero-order chi connectivity index (χ0) is 34.4. The molecule has 0 fully saturated rings. The van der Waals surface area contributed by atoms with Crippen molar-refractivity contribution in [3.8, 4) is 5.75 Å². The molecule has 5 rings (SSSR count). The van der Waals surface area contributed by atoms with Gasteiger partial charge >= 0.3 is 5.97 Å². The summed E-state index contributed by atoms with van der Waals surface area (Å²) >= 11 is 0. The molecular formula is C37H37N3O8. The third-order valence-corrected chi connectivity index (χ3v) is 8.06. The van der Waals surface area contributed by atoms with E-state index in [1.165, 1.54) is 13.8 Å². The van der Waals surface area contributed by atoms with Crippen LogP contribution in [0.15, 0.2) is 96.2 Å². The van der Waals surface area contributed by atoms with E-state index in [-0.39, 0.29) is 24.5 Å². The molecule has 0 saturated carbocycles. The Labute approximate surface area is 277 Å². The predicted molar refractivity (Wildman–Crippen MR) is 180 cm³/mol. The van der Waals surface area contributed by atoms with Crippen molar-refractivity contribution in [2.24, 2.45) is 5.16 Å². The number of fused-ring (bicyclic) bond motifs is 3. The van der Waals surface area contributed by atoms with Crippen molar-refractivity contribution >= 4 is 45.2 Å². The topological polar surface area (TPSA) is 151 Å². The maximum absolute atomic E-state index is 13.6. The number of ether oxygens (including phenoxy) is 1. The first-order valence-electron chi connectivity index (χ1n) is 15.5. The summed E-state index contributed by atoms with van der Waals surface area (Å²) in [5.74, 6) is -0.874. The number of aromatic nitrogens is 1. The van der Waals surface area contributed by atoms with E-state index in [2.05, 4.69) is 9.72 Å². The number of carbonyl (C=O) groups excluding carboxylic acids is 3. The minimum absolute atomic E-state index is 0.0354. The Morgan fingerprint density at radius 2 is 1.46 bits per heavy atom. The van der Waals surface area contributed by atoms with E-state index in [1.807, 2.05) is 43.3 Å². The molecule has 0 aliphatic heterocycles. The average Bonchev–Trinajstić information content (AvgIpc) is 3.42. The first kappa shape index (κ1) is 33.8. The van der Waals surface area contributed by atoms with Gasteiger partial charge in [-0.1, -0.05) is 41.6 Å². The fraction of sp³-hybridized carbons (Fsp3) is 0.243. The van der Waals surface area contributed by atoms with Gasteiger partial charge in [-0.05, 0) is 67.1 Å². The molecule has 0 bridgehead atoms. The second-order valence-corrected chi connectivity index (χ2v) is 11.3. The zero-order valence-corrected chi connectivity index (χ0v) is 26.9. The molecule has 0 radical (unpaired) electrons. The highest BCUT2D eigenvalue weighted by molar-refractivity contribution is 6.16. The molecule has 0 saturated heterocycles. The zero-order valence-electron chi connectivity index (χ0n) is 26.9. The average molecular weight is 652 g/mol. The molecule has 4 aromatic carbocycles. The van der Waals surface area contributed by atoms with Crippen LogP contribution in [0.5, 0.6) is 5.75 Å². The number of amides is 1. The lowest BCUT2D eigenvalue weighted by atomic mass is 9.95. The summed E-state index contributed by atoms with van der Waals surface area (Å²) in [6.45, 7) is 4.74. The first-order chi connectivity index (χ1) is 23.1. The van der Waals surface area contributed by atoms with Crippen LogP contribution < -0.4 is 4.74 Å². The van der Waals surface area contributed by atoms with E-state index >= 15 is 0 Å². The Hall–Kier alpha value is -5.52. The molecule has 248 valence electrons. The van der Waals surface area contributed by atoms with Crippen molar-refractivity contribution in [1.82, 2.24) is 9.63 Å². The van der Waals surface area contributed by atoms with Crippen LogP contribution in [0.2, 0.25) is 0 Å². The summed E-state index contributed by atoms with van der Waals surface area (Å²) in [7, 11) is 0. The smallest absolute Gasteiger partial charge is 0.329 e. The van der Waals surface area contributed by atoms with Crippen LogP contribution in [0.1, 0.15) is 60.3 Å². The number of oxime groups is 1. The monoisotopic (exact) mass is 651 g/mol. The number of ketones is 1. The largest absolute Gasteiger partial charge is 0.491 e. The molecule has 0 spiro atoms. The van der Waals surface area contributed by atoms with Gasteiger partial charge in [-0.3, -0.25) is 14.4 Å². The molecule has 11 nitrogen and oxygen atoms in total. The molecular weight excluding hydrogens is 614 g/mol. The van der Waals surface area contributed by atoms with Gasteiger partial charge in [-0.15, -0.1) is 0 Å². The van der Waals surface area contributed by atoms with Crippen molar-refractivity contribution < 1.29 is 39.4 Å². The van der Waals surface area contributed by atoms with Gasteiger partial charge in [0.2, 0.25) is 0 Å². The summed E-state index contributed by atoms with van der Waals surface area (Å²) in [6, 6.07) is 26.1. The maximum Gasteiger partial charge on any atom is 0.329 e. The highest BCUT2D eigenvalue weighted by Gasteiger charge is 2.29. The Balaban J connectivity index is 1.51. The van der Waals surface area contributed by atoms with Crippen LogP contribution in [0.4, 0.5) is 0 Å². The summed E-state index contributed by atoms with van der Waals surface area (Å²) in [5.41, 5.74) is 4.32. The number of rotatable bonds is 12. The second-order valence-electron chi connectivity index (χ2n) is 11.3. The van der Waals surface area contributed by atoms with Gasteiger partial charge in [0.15, 0.2) is 5.78 Å². The van der Waals surface area contributed by atoms with Gasteiger partial charge in [0.25, 0.3) is 5.91 Å². The Bertz CT molecular complexity index is 1970. The van der Waals surface area contributed by atoms with Gasteiger partial charge in [-0.2, -0.15) is 5.06 Å². The van der Waals surface area contributed by atoms with Crippen molar-refractivity contribution in [1.29, 1.82) is 0 Å². The van der Waals surface area contributed by atoms with Crippen LogP contribution in [0, 0.1) is 0 Å². The van der Waals surface area contributed by atoms with E-state index in [9.17, 15) is 24.7 Å². The molecule has 2 unspecified atom stereocenters. The van der Waals surface area contributed by atoms with Gasteiger partial charge in [0.05, 0.1) is 12.3 Å². The van der Waals surface area contributed by atoms with Crippen molar-refractivity contribution in [3.63, 3.8) is 0 Å². The summed E-state index contributed by atoms with van der Waals surface area (Å²) in [5, 5.41) is 35.1. The lowest BCUT2D eigenvalue weighted by Crippen LogP contribution is -2.36. The molecule has 3 N–H and O–H groups in total. The van der Waals surface area contributed by atoms with E-state index in [1.54, 1.807) is 54.6 Å². The number of hydrogen-bond acceptors (Lipinski definition) is 9. The molecule has 2 atom stereocenters. The number of aliphatic hydroxyl groups excluding tert-OH is 2.